The van der Waals surface area contributed by atoms with Crippen molar-refractivity contribution in [3.05, 3.63) is 0 Å². The van der Waals surface area contributed by atoms with Gasteiger partial charge in [0.05, 0.1) is 13.2 Å². The van der Waals surface area contributed by atoms with E-state index in [0.29, 0.717) is 19.6 Å². The highest BCUT2D eigenvalue weighted by Gasteiger charge is 2.47. The lowest BCUT2D eigenvalue weighted by Gasteiger charge is -2.48. The average Bonchev–Trinajstić information content (AvgIpc) is 2.52. The zero-order chi connectivity index (χ0) is 19.8. The highest BCUT2D eigenvalue weighted by atomic mass is 16.5. The van der Waals surface area contributed by atoms with Crippen LogP contribution in [-0.2, 0) is 14.3 Å². The number of hydrogen-bond acceptors (Lipinski definition) is 5. The topological polar surface area (TPSA) is 90.6 Å². The van der Waals surface area contributed by atoms with Crippen LogP contribution in [0, 0.1) is 10.8 Å². The number of nitrogens with two attached hydrogens (primary N) is 1. The molecule has 0 heterocycles. The van der Waals surface area contributed by atoms with Gasteiger partial charge in [-0.3, -0.25) is 4.79 Å². The largest absolute Gasteiger partial charge is 0.465 e. The molecule has 3 atom stereocenters. The summed E-state index contributed by atoms with van der Waals surface area (Å²) in [6, 6.07) is -0.758. The number of amides is 1. The van der Waals surface area contributed by atoms with Crippen molar-refractivity contribution in [3.8, 4) is 0 Å². The first-order chi connectivity index (χ1) is 12.1. The zero-order valence-corrected chi connectivity index (χ0v) is 17.2. The minimum absolute atomic E-state index is 0.0321. The van der Waals surface area contributed by atoms with E-state index in [-0.39, 0.29) is 23.5 Å². The molecule has 0 spiro atoms. The maximum atomic E-state index is 12.4. The van der Waals surface area contributed by atoms with Crippen molar-refractivity contribution in [1.82, 2.24) is 5.32 Å². The Kier molecular flexibility index (Phi) is 8.87. The number of carbonyl (C=O) groups is 2. The smallest absolute Gasteiger partial charge is 0.407 e. The Morgan fingerprint density at radius 1 is 1.08 bits per heavy atom. The molecule has 0 radical (unpaired) electrons. The normalized spacial score (nSPS) is 26.0. The number of alkyl carbamates (subject to hydrolysis) is 1. The predicted molar refractivity (Wildman–Crippen MR) is 103 cm³/mol. The van der Waals surface area contributed by atoms with Gasteiger partial charge in [-0.1, -0.05) is 47.5 Å². The molecule has 3 unspecified atom stereocenters. The Morgan fingerprint density at radius 3 is 2.23 bits per heavy atom. The summed E-state index contributed by atoms with van der Waals surface area (Å²) in [5.74, 6) is -0.345. The van der Waals surface area contributed by atoms with E-state index in [2.05, 4.69) is 33.0 Å². The van der Waals surface area contributed by atoms with E-state index < -0.39 is 11.5 Å². The molecule has 0 bridgehead atoms. The van der Waals surface area contributed by atoms with E-state index in [4.69, 9.17) is 15.2 Å². The highest BCUT2D eigenvalue weighted by Crippen LogP contribution is 2.47. The van der Waals surface area contributed by atoms with Crippen LogP contribution >= 0.6 is 0 Å². The van der Waals surface area contributed by atoms with Crippen LogP contribution in [0.4, 0.5) is 4.79 Å². The van der Waals surface area contributed by atoms with Gasteiger partial charge in [-0.2, -0.15) is 0 Å². The zero-order valence-electron chi connectivity index (χ0n) is 17.2. The molecule has 6 heteroatoms. The molecule has 0 aliphatic heterocycles. The molecule has 0 saturated heterocycles. The van der Waals surface area contributed by atoms with Crippen LogP contribution in [0.25, 0.3) is 0 Å². The van der Waals surface area contributed by atoms with Gasteiger partial charge < -0.3 is 20.5 Å². The number of ether oxygens (including phenoxy) is 2. The standard InChI is InChI=1S/C20H38N2O4/c1-6-8-10-25-17(23)16(21)20(5)13-15(12-19(3,4)14-20)22-18(24)26-11-9-7-2/h15-16H,6-14,21H2,1-5H3,(H,22,24). The first kappa shape index (κ1) is 22.7. The summed E-state index contributed by atoms with van der Waals surface area (Å²) in [6.07, 6.45) is 5.56. The second-order valence-electron chi connectivity index (χ2n) is 8.73. The van der Waals surface area contributed by atoms with E-state index in [0.717, 1.165) is 38.5 Å². The molecular weight excluding hydrogens is 332 g/mol. The molecule has 1 aliphatic rings. The summed E-state index contributed by atoms with van der Waals surface area (Å²) >= 11 is 0. The van der Waals surface area contributed by atoms with Gasteiger partial charge in [-0.05, 0) is 42.9 Å². The Bertz CT molecular complexity index is 467. The molecule has 0 aromatic heterocycles. The molecule has 0 aromatic rings. The molecule has 0 aromatic carbocycles. The van der Waals surface area contributed by atoms with Crippen LogP contribution in [0.5, 0.6) is 0 Å². The quantitative estimate of drug-likeness (QED) is 0.476. The van der Waals surface area contributed by atoms with Crippen LogP contribution in [0.2, 0.25) is 0 Å². The second kappa shape index (κ2) is 10.1. The summed E-state index contributed by atoms with van der Waals surface area (Å²) in [5, 5.41) is 2.97. The summed E-state index contributed by atoms with van der Waals surface area (Å²) < 4.78 is 10.6. The van der Waals surface area contributed by atoms with Gasteiger partial charge >= 0.3 is 12.1 Å². The maximum absolute atomic E-state index is 12.4. The van der Waals surface area contributed by atoms with E-state index in [1.807, 2.05) is 6.92 Å². The lowest BCUT2D eigenvalue weighted by molar-refractivity contribution is -0.150. The highest BCUT2D eigenvalue weighted by molar-refractivity contribution is 5.76. The number of unbranched alkanes of at least 4 members (excludes halogenated alkanes) is 2. The van der Waals surface area contributed by atoms with Gasteiger partial charge in [-0.15, -0.1) is 0 Å². The first-order valence-electron chi connectivity index (χ1n) is 9.99. The second-order valence-corrected chi connectivity index (χ2v) is 8.73. The van der Waals surface area contributed by atoms with Crippen LogP contribution in [0.3, 0.4) is 0 Å². The van der Waals surface area contributed by atoms with E-state index in [9.17, 15) is 9.59 Å². The molecule has 6 nitrogen and oxygen atoms in total. The van der Waals surface area contributed by atoms with Gasteiger partial charge in [0, 0.05) is 6.04 Å². The van der Waals surface area contributed by atoms with Crippen LogP contribution in [0.1, 0.15) is 79.6 Å². The summed E-state index contributed by atoms with van der Waals surface area (Å²) in [5.41, 5.74) is 5.85. The third-order valence-electron chi connectivity index (χ3n) is 5.19. The lowest BCUT2D eigenvalue weighted by Crippen LogP contribution is -2.55. The molecule has 1 saturated carbocycles. The molecule has 26 heavy (non-hydrogen) atoms. The third-order valence-corrected chi connectivity index (χ3v) is 5.19. The molecule has 1 amide bonds. The number of carbonyl (C=O) groups excluding carboxylic acids is 2. The monoisotopic (exact) mass is 370 g/mol. The number of esters is 1. The number of hydrogen-bond donors (Lipinski definition) is 2. The van der Waals surface area contributed by atoms with Crippen molar-refractivity contribution < 1.29 is 19.1 Å². The van der Waals surface area contributed by atoms with Crippen molar-refractivity contribution >= 4 is 12.1 Å². The third kappa shape index (κ3) is 7.14. The first-order valence-corrected chi connectivity index (χ1v) is 9.99. The Balaban J connectivity index is 2.71. The predicted octanol–water partition coefficient (Wildman–Crippen LogP) is 3.77. The van der Waals surface area contributed by atoms with E-state index in [1.54, 1.807) is 0 Å². The molecule has 152 valence electrons. The van der Waals surface area contributed by atoms with Gasteiger partial charge in [0.15, 0.2) is 0 Å². The van der Waals surface area contributed by atoms with Crippen molar-refractivity contribution in [3.63, 3.8) is 0 Å². The van der Waals surface area contributed by atoms with Crippen LogP contribution in [-0.4, -0.2) is 37.4 Å². The fourth-order valence-corrected chi connectivity index (χ4v) is 4.09. The van der Waals surface area contributed by atoms with Crippen molar-refractivity contribution in [1.29, 1.82) is 0 Å². The van der Waals surface area contributed by atoms with Gasteiger partial charge in [0.1, 0.15) is 6.04 Å². The number of nitrogens with one attached hydrogen (secondary N) is 1. The van der Waals surface area contributed by atoms with Crippen molar-refractivity contribution in [2.45, 2.75) is 91.6 Å². The van der Waals surface area contributed by atoms with Gasteiger partial charge in [0.2, 0.25) is 0 Å². The van der Waals surface area contributed by atoms with Crippen LogP contribution < -0.4 is 11.1 Å². The summed E-state index contributed by atoms with van der Waals surface area (Å²) in [4.78, 5) is 24.4. The summed E-state index contributed by atoms with van der Waals surface area (Å²) in [6.45, 7) is 11.3. The minimum atomic E-state index is -0.695. The van der Waals surface area contributed by atoms with Gasteiger partial charge in [-0.25, -0.2) is 4.79 Å². The SMILES string of the molecule is CCCCOC(=O)NC1CC(C)(C)CC(C)(C(N)C(=O)OCCCC)C1. The summed E-state index contributed by atoms with van der Waals surface area (Å²) in [7, 11) is 0. The Labute approximate surface area is 158 Å². The maximum Gasteiger partial charge on any atom is 0.407 e. The Morgan fingerprint density at radius 2 is 1.65 bits per heavy atom. The van der Waals surface area contributed by atoms with E-state index in [1.165, 1.54) is 0 Å². The fraction of sp³-hybridized carbons (Fsp3) is 0.900. The minimum Gasteiger partial charge on any atom is -0.465 e. The molecular formula is C20H38N2O4. The average molecular weight is 371 g/mol. The number of rotatable bonds is 9. The van der Waals surface area contributed by atoms with Crippen molar-refractivity contribution in [2.75, 3.05) is 13.2 Å². The van der Waals surface area contributed by atoms with Crippen LogP contribution in [0.15, 0.2) is 0 Å². The van der Waals surface area contributed by atoms with Gasteiger partial charge in [0.25, 0.3) is 0 Å². The molecule has 1 aliphatic carbocycles. The van der Waals surface area contributed by atoms with Crippen molar-refractivity contribution in [2.24, 2.45) is 16.6 Å². The Hall–Kier alpha value is -1.30. The lowest BCUT2D eigenvalue weighted by atomic mass is 9.60. The molecule has 1 fully saturated rings. The molecule has 3 N–H and O–H groups in total. The molecule has 1 rings (SSSR count). The fourth-order valence-electron chi connectivity index (χ4n) is 4.09. The van der Waals surface area contributed by atoms with E-state index >= 15 is 0 Å².